The number of nitrogens with zero attached hydrogens (tertiary/aromatic N) is 4. The molecule has 0 unspecified atom stereocenters. The van der Waals surface area contributed by atoms with Crippen LogP contribution in [0.3, 0.4) is 0 Å². The summed E-state index contributed by atoms with van der Waals surface area (Å²) in [7, 11) is 1.53. The number of methoxy groups -OCH3 is 1. The molecular formula is C27H20F2N4O4. The molecule has 0 bridgehead atoms. The van der Waals surface area contributed by atoms with E-state index in [1.165, 1.54) is 52.6 Å². The quantitative estimate of drug-likeness (QED) is 0.230. The minimum atomic E-state index is -0.721. The number of non-ortho nitro benzene ring substituents is 1. The zero-order chi connectivity index (χ0) is 26.3. The summed E-state index contributed by atoms with van der Waals surface area (Å²) in [5.74, 6) is -0.656. The molecule has 0 saturated carbocycles. The summed E-state index contributed by atoms with van der Waals surface area (Å²) in [6.45, 7) is 1.48. The molecule has 0 aliphatic heterocycles. The Morgan fingerprint density at radius 2 is 1.59 bits per heavy atom. The molecule has 0 amide bonds. The van der Waals surface area contributed by atoms with Crippen molar-refractivity contribution in [2.45, 2.75) is 13.5 Å². The maximum Gasteiger partial charge on any atom is 0.269 e. The molecular weight excluding hydrogens is 482 g/mol. The number of nitro benzene ring substituents is 1. The Bertz CT molecular complexity index is 1690. The van der Waals surface area contributed by atoms with Crippen LogP contribution in [0.4, 0.5) is 14.5 Å². The van der Waals surface area contributed by atoms with Gasteiger partial charge in [-0.05, 0) is 48.9 Å². The van der Waals surface area contributed by atoms with Crippen LogP contribution >= 0.6 is 0 Å². The van der Waals surface area contributed by atoms with E-state index in [2.05, 4.69) is 4.98 Å². The lowest BCUT2D eigenvalue weighted by Gasteiger charge is -2.13. The van der Waals surface area contributed by atoms with Gasteiger partial charge in [0.15, 0.2) is 0 Å². The van der Waals surface area contributed by atoms with Crippen LogP contribution in [0.25, 0.3) is 28.2 Å². The van der Waals surface area contributed by atoms with Crippen LogP contribution in [0.15, 0.2) is 77.7 Å². The first-order valence-corrected chi connectivity index (χ1v) is 11.2. The summed E-state index contributed by atoms with van der Waals surface area (Å²) in [6.07, 6.45) is 1.53. The molecule has 0 radical (unpaired) electrons. The minimum absolute atomic E-state index is 0.0819. The van der Waals surface area contributed by atoms with Crippen molar-refractivity contribution in [1.82, 2.24) is 14.0 Å². The first kappa shape index (κ1) is 23.9. The molecule has 2 heterocycles. The largest absolute Gasteiger partial charge is 0.497 e. The lowest BCUT2D eigenvalue weighted by molar-refractivity contribution is -0.384. The fraction of sp³-hybridized carbons (Fsp3) is 0.111. The smallest absolute Gasteiger partial charge is 0.269 e. The molecule has 10 heteroatoms. The highest BCUT2D eigenvalue weighted by Crippen LogP contribution is 2.28. The second-order valence-electron chi connectivity index (χ2n) is 8.39. The van der Waals surface area contributed by atoms with Gasteiger partial charge in [0.25, 0.3) is 11.2 Å². The molecule has 0 atom stereocenters. The molecule has 0 fully saturated rings. The molecule has 5 aromatic rings. The Kier molecular flexibility index (Phi) is 6.00. The van der Waals surface area contributed by atoms with E-state index < -0.39 is 16.6 Å². The van der Waals surface area contributed by atoms with Gasteiger partial charge in [0.1, 0.15) is 17.4 Å². The van der Waals surface area contributed by atoms with Crippen molar-refractivity contribution in [3.8, 4) is 28.1 Å². The zero-order valence-electron chi connectivity index (χ0n) is 19.8. The highest BCUT2D eigenvalue weighted by atomic mass is 19.1. The van der Waals surface area contributed by atoms with Gasteiger partial charge in [0, 0.05) is 29.5 Å². The highest BCUT2D eigenvalue weighted by Gasteiger charge is 2.21. The highest BCUT2D eigenvalue weighted by molar-refractivity contribution is 5.69. The van der Waals surface area contributed by atoms with Crippen LogP contribution in [-0.4, -0.2) is 26.0 Å². The average Bonchev–Trinajstić information content (AvgIpc) is 3.25. The third-order valence-corrected chi connectivity index (χ3v) is 6.21. The predicted octanol–water partition coefficient (Wildman–Crippen LogP) is 5.38. The number of rotatable bonds is 6. The number of imidazole rings is 1. The number of nitro groups is 1. The molecule has 8 nitrogen and oxygen atoms in total. The lowest BCUT2D eigenvalue weighted by atomic mass is 10.1. The molecule has 2 aromatic heterocycles. The van der Waals surface area contributed by atoms with Crippen molar-refractivity contribution < 1.29 is 18.4 Å². The number of aromatic nitrogens is 3. The molecule has 0 aliphatic rings. The number of hydrogen-bond donors (Lipinski definition) is 0. The van der Waals surface area contributed by atoms with Crippen molar-refractivity contribution in [3.63, 3.8) is 0 Å². The number of halogens is 2. The molecule has 5 rings (SSSR count). The van der Waals surface area contributed by atoms with Gasteiger partial charge in [-0.3, -0.25) is 14.9 Å². The van der Waals surface area contributed by atoms with Gasteiger partial charge >= 0.3 is 0 Å². The first-order valence-electron chi connectivity index (χ1n) is 11.2. The Hall–Kier alpha value is -4.86. The molecule has 3 aromatic carbocycles. The minimum Gasteiger partial charge on any atom is -0.497 e. The van der Waals surface area contributed by atoms with Gasteiger partial charge < -0.3 is 9.30 Å². The van der Waals surface area contributed by atoms with Gasteiger partial charge in [-0.2, -0.15) is 0 Å². The van der Waals surface area contributed by atoms with Crippen molar-refractivity contribution in [3.05, 3.63) is 116 Å². The molecule has 186 valence electrons. The molecule has 0 N–H and O–H groups in total. The van der Waals surface area contributed by atoms with Gasteiger partial charge in [-0.1, -0.05) is 18.2 Å². The summed E-state index contributed by atoms with van der Waals surface area (Å²) >= 11 is 0. The van der Waals surface area contributed by atoms with Crippen molar-refractivity contribution in [2.75, 3.05) is 7.11 Å². The van der Waals surface area contributed by atoms with Crippen LogP contribution in [0.1, 0.15) is 11.3 Å². The molecule has 0 spiro atoms. The molecule has 37 heavy (non-hydrogen) atoms. The number of hydrogen-bond acceptors (Lipinski definition) is 5. The average molecular weight is 502 g/mol. The summed E-state index contributed by atoms with van der Waals surface area (Å²) in [5.41, 5.74) is 1.70. The third kappa shape index (κ3) is 4.22. The van der Waals surface area contributed by atoms with Crippen LogP contribution in [-0.2, 0) is 6.54 Å². The summed E-state index contributed by atoms with van der Waals surface area (Å²) < 4.78 is 37.2. The van der Waals surface area contributed by atoms with Crippen LogP contribution in [0.5, 0.6) is 5.75 Å². The fourth-order valence-corrected chi connectivity index (χ4v) is 4.26. The van der Waals surface area contributed by atoms with Crippen molar-refractivity contribution in [1.29, 1.82) is 0 Å². The Labute approximate surface area is 209 Å². The first-order chi connectivity index (χ1) is 17.8. The number of ether oxygens (including phenoxy) is 1. The number of aryl methyl sites for hydroxylation is 1. The summed E-state index contributed by atoms with van der Waals surface area (Å²) in [4.78, 5) is 28.9. The van der Waals surface area contributed by atoms with E-state index in [1.807, 2.05) is 0 Å². The van der Waals surface area contributed by atoms with Crippen LogP contribution < -0.4 is 10.3 Å². The monoisotopic (exact) mass is 502 g/mol. The Morgan fingerprint density at radius 1 is 0.973 bits per heavy atom. The van der Waals surface area contributed by atoms with E-state index in [-0.39, 0.29) is 29.1 Å². The lowest BCUT2D eigenvalue weighted by Crippen LogP contribution is -2.21. The second kappa shape index (κ2) is 9.30. The van der Waals surface area contributed by atoms with Gasteiger partial charge in [0.05, 0.1) is 35.5 Å². The normalized spacial score (nSPS) is 11.1. The van der Waals surface area contributed by atoms with Gasteiger partial charge in [0.2, 0.25) is 5.78 Å². The van der Waals surface area contributed by atoms with E-state index in [0.29, 0.717) is 33.8 Å². The van der Waals surface area contributed by atoms with Crippen LogP contribution in [0.2, 0.25) is 0 Å². The summed E-state index contributed by atoms with van der Waals surface area (Å²) in [6, 6.07) is 16.3. The Morgan fingerprint density at radius 3 is 2.19 bits per heavy atom. The second-order valence-corrected chi connectivity index (χ2v) is 8.39. The van der Waals surface area contributed by atoms with Gasteiger partial charge in [-0.25, -0.2) is 18.2 Å². The zero-order valence-corrected chi connectivity index (χ0v) is 19.8. The van der Waals surface area contributed by atoms with E-state index in [4.69, 9.17) is 4.74 Å². The van der Waals surface area contributed by atoms with E-state index in [1.54, 1.807) is 43.3 Å². The van der Waals surface area contributed by atoms with E-state index >= 15 is 0 Å². The van der Waals surface area contributed by atoms with Crippen molar-refractivity contribution >= 4 is 11.5 Å². The van der Waals surface area contributed by atoms with E-state index in [0.717, 1.165) is 0 Å². The SMILES string of the molecule is COc1ccc(-c2cn(Cc3c(F)cccc3F)c3nc(-c4ccc([N+](=O)[O-])cc4)c(C)n3c2=O)cc1. The standard InChI is InChI=1S/C27H20F2N4O4/c1-16-25(18-6-10-19(11-7-18)33(35)36)30-27-31(15-22-23(28)4-3-5-24(22)29)14-21(26(34)32(16)27)17-8-12-20(37-2)13-9-17/h3-14H,15H2,1-2H3. The van der Waals surface area contributed by atoms with Crippen molar-refractivity contribution in [2.24, 2.45) is 0 Å². The summed E-state index contributed by atoms with van der Waals surface area (Å²) in [5, 5.41) is 11.1. The molecule has 0 aliphatic carbocycles. The van der Waals surface area contributed by atoms with E-state index in [9.17, 15) is 23.7 Å². The maximum atomic E-state index is 14.6. The van der Waals surface area contributed by atoms with Gasteiger partial charge in [-0.15, -0.1) is 0 Å². The third-order valence-electron chi connectivity index (χ3n) is 6.21. The predicted molar refractivity (Wildman–Crippen MR) is 134 cm³/mol. The van der Waals surface area contributed by atoms with Crippen LogP contribution in [0, 0.1) is 28.7 Å². The fourth-order valence-electron chi connectivity index (χ4n) is 4.26. The maximum absolute atomic E-state index is 14.6. The molecule has 0 saturated heterocycles. The number of benzene rings is 3. The topological polar surface area (TPSA) is 91.7 Å². The number of fused-ring (bicyclic) bond motifs is 1. The Balaban J connectivity index is 1.76.